The Morgan fingerprint density at radius 1 is 1.62 bits per heavy atom. The van der Waals surface area contributed by atoms with Crippen molar-refractivity contribution in [2.75, 3.05) is 32.1 Å². The number of aromatic amines is 1. The van der Waals surface area contributed by atoms with Crippen molar-refractivity contribution in [3.8, 4) is 0 Å². The topological polar surface area (TPSA) is 52.2 Å². The van der Waals surface area contributed by atoms with Gasteiger partial charge in [0.2, 0.25) is 0 Å². The molecular formula is C10H15IN4O. The van der Waals surface area contributed by atoms with Gasteiger partial charge in [-0.1, -0.05) is 0 Å². The largest absolute Gasteiger partial charge is 0.354 e. The van der Waals surface area contributed by atoms with Crippen LogP contribution < -0.4 is 10.5 Å². The third-order valence-corrected chi connectivity index (χ3v) is 3.94. The monoisotopic (exact) mass is 334 g/mol. The molecule has 1 saturated heterocycles. The number of halogens is 1. The summed E-state index contributed by atoms with van der Waals surface area (Å²) in [6, 6.07) is 0.553. The first-order valence-electron chi connectivity index (χ1n) is 5.24. The van der Waals surface area contributed by atoms with E-state index in [0.717, 1.165) is 25.3 Å². The zero-order valence-electron chi connectivity index (χ0n) is 9.40. The smallest absolute Gasteiger partial charge is 0.266 e. The summed E-state index contributed by atoms with van der Waals surface area (Å²) in [7, 11) is 4.18. The predicted molar refractivity (Wildman–Crippen MR) is 71.9 cm³/mol. The first kappa shape index (κ1) is 11.8. The van der Waals surface area contributed by atoms with E-state index in [9.17, 15) is 4.79 Å². The lowest BCUT2D eigenvalue weighted by molar-refractivity contribution is 0.315. The molecule has 0 saturated carbocycles. The van der Waals surface area contributed by atoms with Crippen LogP contribution in [0.5, 0.6) is 0 Å². The standard InChI is InChI=1S/C10H15IN4O/c1-14(2)7-3-4-15(5-7)9-8(11)10(16)13-6-12-9/h6-7H,3-5H2,1-2H3,(H,12,13,16). The molecule has 5 nitrogen and oxygen atoms in total. The molecule has 1 atom stereocenters. The molecule has 16 heavy (non-hydrogen) atoms. The van der Waals surface area contributed by atoms with Crippen LogP contribution in [0, 0.1) is 3.57 Å². The van der Waals surface area contributed by atoms with Crippen molar-refractivity contribution in [2.24, 2.45) is 0 Å². The Hall–Kier alpha value is -0.630. The molecule has 0 aliphatic carbocycles. The van der Waals surface area contributed by atoms with Gasteiger partial charge in [-0.25, -0.2) is 4.98 Å². The number of hydrogen-bond acceptors (Lipinski definition) is 4. The third-order valence-electron chi connectivity index (χ3n) is 2.97. The summed E-state index contributed by atoms with van der Waals surface area (Å²) in [5.41, 5.74) is -0.0566. The summed E-state index contributed by atoms with van der Waals surface area (Å²) in [4.78, 5) is 22.7. The molecule has 6 heteroatoms. The van der Waals surface area contributed by atoms with Gasteiger partial charge in [0.15, 0.2) is 0 Å². The number of rotatable bonds is 2. The van der Waals surface area contributed by atoms with E-state index in [0.29, 0.717) is 9.61 Å². The zero-order chi connectivity index (χ0) is 11.7. The van der Waals surface area contributed by atoms with Gasteiger partial charge in [0.1, 0.15) is 9.39 Å². The first-order valence-corrected chi connectivity index (χ1v) is 6.32. The molecule has 1 aromatic heterocycles. The summed E-state index contributed by atoms with van der Waals surface area (Å²) in [5.74, 6) is 0.814. The van der Waals surface area contributed by atoms with E-state index in [1.54, 1.807) is 0 Å². The van der Waals surface area contributed by atoms with E-state index >= 15 is 0 Å². The first-order chi connectivity index (χ1) is 7.59. The summed E-state index contributed by atoms with van der Waals surface area (Å²) in [6.07, 6.45) is 2.60. The second-order valence-electron chi connectivity index (χ2n) is 4.22. The van der Waals surface area contributed by atoms with Crippen molar-refractivity contribution < 1.29 is 0 Å². The highest BCUT2D eigenvalue weighted by Crippen LogP contribution is 2.22. The molecule has 0 spiro atoms. The van der Waals surface area contributed by atoms with E-state index in [2.05, 4.69) is 56.5 Å². The summed E-state index contributed by atoms with van der Waals surface area (Å²) >= 11 is 2.06. The Morgan fingerprint density at radius 2 is 2.38 bits per heavy atom. The second kappa shape index (κ2) is 4.70. The molecule has 0 aromatic carbocycles. The van der Waals surface area contributed by atoms with Gasteiger partial charge in [0.05, 0.1) is 6.33 Å². The van der Waals surface area contributed by atoms with Gasteiger partial charge < -0.3 is 14.8 Å². The van der Waals surface area contributed by atoms with Gasteiger partial charge in [-0.3, -0.25) is 4.79 Å². The van der Waals surface area contributed by atoms with E-state index in [4.69, 9.17) is 0 Å². The van der Waals surface area contributed by atoms with Crippen molar-refractivity contribution in [1.82, 2.24) is 14.9 Å². The third kappa shape index (κ3) is 2.22. The quantitative estimate of drug-likeness (QED) is 0.801. The molecule has 0 bridgehead atoms. The van der Waals surface area contributed by atoms with Crippen LogP contribution in [0.3, 0.4) is 0 Å². The fourth-order valence-electron chi connectivity index (χ4n) is 1.95. The Morgan fingerprint density at radius 3 is 3.00 bits per heavy atom. The summed E-state index contributed by atoms with van der Waals surface area (Å²) < 4.78 is 0.680. The molecule has 1 aliphatic rings. The molecule has 1 fully saturated rings. The summed E-state index contributed by atoms with van der Waals surface area (Å²) in [5, 5.41) is 0. The van der Waals surface area contributed by atoms with Crippen LogP contribution in [-0.4, -0.2) is 48.1 Å². The van der Waals surface area contributed by atoms with Crippen molar-refractivity contribution >= 4 is 28.4 Å². The number of aromatic nitrogens is 2. The van der Waals surface area contributed by atoms with Crippen LogP contribution in [-0.2, 0) is 0 Å². The number of H-pyrrole nitrogens is 1. The molecule has 88 valence electrons. The van der Waals surface area contributed by atoms with Crippen molar-refractivity contribution in [1.29, 1.82) is 0 Å². The van der Waals surface area contributed by atoms with Crippen LogP contribution in [0.1, 0.15) is 6.42 Å². The number of nitrogens with one attached hydrogen (secondary N) is 1. The average molecular weight is 334 g/mol. The lowest BCUT2D eigenvalue weighted by atomic mass is 10.2. The van der Waals surface area contributed by atoms with Crippen molar-refractivity contribution in [3.05, 3.63) is 20.3 Å². The highest BCUT2D eigenvalue weighted by atomic mass is 127. The SMILES string of the molecule is CN(C)C1CCN(c2nc[nH]c(=O)c2I)C1. The minimum Gasteiger partial charge on any atom is -0.354 e. The van der Waals surface area contributed by atoms with Crippen molar-refractivity contribution in [3.63, 3.8) is 0 Å². The maximum absolute atomic E-state index is 11.5. The van der Waals surface area contributed by atoms with E-state index < -0.39 is 0 Å². The molecule has 2 heterocycles. The zero-order valence-corrected chi connectivity index (χ0v) is 11.6. The molecule has 0 amide bonds. The van der Waals surface area contributed by atoms with Crippen LogP contribution in [0.4, 0.5) is 5.82 Å². The number of hydrogen-bond donors (Lipinski definition) is 1. The van der Waals surface area contributed by atoms with Gasteiger partial charge in [-0.15, -0.1) is 0 Å². The normalized spacial score (nSPS) is 20.8. The van der Waals surface area contributed by atoms with Gasteiger partial charge >= 0.3 is 0 Å². The molecule has 1 N–H and O–H groups in total. The lowest BCUT2D eigenvalue weighted by Gasteiger charge is -2.21. The maximum Gasteiger partial charge on any atom is 0.266 e. The van der Waals surface area contributed by atoms with Gasteiger partial charge in [-0.2, -0.15) is 0 Å². The van der Waals surface area contributed by atoms with Crippen LogP contribution >= 0.6 is 22.6 Å². The van der Waals surface area contributed by atoms with Crippen LogP contribution in [0.15, 0.2) is 11.1 Å². The van der Waals surface area contributed by atoms with E-state index in [1.165, 1.54) is 6.33 Å². The van der Waals surface area contributed by atoms with Crippen LogP contribution in [0.2, 0.25) is 0 Å². The fourth-order valence-corrected chi connectivity index (χ4v) is 2.59. The van der Waals surface area contributed by atoms with Gasteiger partial charge in [0, 0.05) is 19.1 Å². The number of anilines is 1. The Labute approximate surface area is 108 Å². The highest BCUT2D eigenvalue weighted by molar-refractivity contribution is 14.1. The van der Waals surface area contributed by atoms with E-state index in [-0.39, 0.29) is 5.56 Å². The fraction of sp³-hybridized carbons (Fsp3) is 0.600. The average Bonchev–Trinajstić information content (AvgIpc) is 2.71. The van der Waals surface area contributed by atoms with E-state index in [1.807, 2.05) is 0 Å². The Bertz CT molecular complexity index is 431. The molecular weight excluding hydrogens is 319 g/mol. The number of likely N-dealkylation sites (N-methyl/N-ethyl adjacent to an activating group) is 1. The minimum absolute atomic E-state index is 0.0566. The lowest BCUT2D eigenvalue weighted by Crippen LogP contribution is -2.32. The molecule has 1 aliphatic heterocycles. The number of nitrogens with zero attached hydrogens (tertiary/aromatic N) is 3. The highest BCUT2D eigenvalue weighted by Gasteiger charge is 2.26. The van der Waals surface area contributed by atoms with Gasteiger partial charge in [0.25, 0.3) is 5.56 Å². The van der Waals surface area contributed by atoms with Crippen molar-refractivity contribution in [2.45, 2.75) is 12.5 Å². The maximum atomic E-state index is 11.5. The Balaban J connectivity index is 2.21. The predicted octanol–water partition coefficient (Wildman–Crippen LogP) is 0.515. The Kier molecular flexibility index (Phi) is 3.48. The van der Waals surface area contributed by atoms with Crippen LogP contribution in [0.25, 0.3) is 0 Å². The second-order valence-corrected chi connectivity index (χ2v) is 5.30. The minimum atomic E-state index is -0.0566. The molecule has 0 radical (unpaired) electrons. The molecule has 2 rings (SSSR count). The molecule has 1 aromatic rings. The van der Waals surface area contributed by atoms with Gasteiger partial charge in [-0.05, 0) is 43.1 Å². The summed E-state index contributed by atoms with van der Waals surface area (Å²) in [6.45, 7) is 1.91. The molecule has 1 unspecified atom stereocenters.